The second kappa shape index (κ2) is 7.21. The van der Waals surface area contributed by atoms with Crippen molar-refractivity contribution in [2.24, 2.45) is 0 Å². The number of hydrogen-bond donors (Lipinski definition) is 3. The van der Waals surface area contributed by atoms with Crippen LogP contribution in [0.5, 0.6) is 11.5 Å². The van der Waals surface area contributed by atoms with E-state index in [1.165, 1.54) is 13.2 Å². The van der Waals surface area contributed by atoms with E-state index in [2.05, 4.69) is 10.6 Å². The highest BCUT2D eigenvalue weighted by molar-refractivity contribution is 6.30. The zero-order valence-electron chi connectivity index (χ0n) is 11.3. The number of carbonyl (C=O) groups is 1. The first-order chi connectivity index (χ1) is 8.93. The molecule has 0 fully saturated rings. The summed E-state index contributed by atoms with van der Waals surface area (Å²) in [6.07, 6.45) is 0. The van der Waals surface area contributed by atoms with E-state index >= 15 is 0 Å². The van der Waals surface area contributed by atoms with Gasteiger partial charge in [-0.1, -0.05) is 11.6 Å². The molecule has 0 saturated heterocycles. The molecule has 0 aliphatic carbocycles. The molecule has 106 valence electrons. The lowest BCUT2D eigenvalue weighted by Crippen LogP contribution is -2.37. The van der Waals surface area contributed by atoms with Crippen molar-refractivity contribution >= 4 is 17.5 Å². The molecule has 0 aliphatic heterocycles. The summed E-state index contributed by atoms with van der Waals surface area (Å²) in [6.45, 7) is 4.29. The summed E-state index contributed by atoms with van der Waals surface area (Å²) in [7, 11) is 1.46. The molecule has 5 nitrogen and oxygen atoms in total. The second-order valence-corrected chi connectivity index (χ2v) is 4.88. The molecule has 1 amide bonds. The van der Waals surface area contributed by atoms with Crippen LogP contribution in [0.3, 0.4) is 0 Å². The van der Waals surface area contributed by atoms with Crippen molar-refractivity contribution in [3.8, 4) is 11.5 Å². The van der Waals surface area contributed by atoms with Crippen LogP contribution in [0, 0.1) is 0 Å². The third-order valence-electron chi connectivity index (χ3n) is 2.39. The van der Waals surface area contributed by atoms with Gasteiger partial charge in [-0.2, -0.15) is 0 Å². The summed E-state index contributed by atoms with van der Waals surface area (Å²) in [4.78, 5) is 11.4. The molecule has 0 aliphatic rings. The highest BCUT2D eigenvalue weighted by atomic mass is 35.5. The lowest BCUT2D eigenvalue weighted by Gasteiger charge is -2.12. The number of benzene rings is 1. The molecule has 19 heavy (non-hydrogen) atoms. The van der Waals surface area contributed by atoms with E-state index in [0.29, 0.717) is 22.9 Å². The zero-order valence-corrected chi connectivity index (χ0v) is 12.0. The molecule has 1 rings (SSSR count). The number of amides is 1. The van der Waals surface area contributed by atoms with Crippen molar-refractivity contribution in [2.75, 3.05) is 13.7 Å². The fourth-order valence-corrected chi connectivity index (χ4v) is 1.83. The van der Waals surface area contributed by atoms with Crippen LogP contribution in [0.2, 0.25) is 5.02 Å². The highest BCUT2D eigenvalue weighted by Gasteiger charge is 2.10. The molecule has 0 radical (unpaired) electrons. The van der Waals surface area contributed by atoms with Crippen molar-refractivity contribution in [1.82, 2.24) is 10.6 Å². The molecule has 0 bridgehead atoms. The number of hydrogen-bond acceptors (Lipinski definition) is 4. The van der Waals surface area contributed by atoms with Gasteiger partial charge in [-0.25, -0.2) is 0 Å². The Bertz CT molecular complexity index is 450. The Hall–Kier alpha value is -1.46. The Morgan fingerprint density at radius 1 is 1.47 bits per heavy atom. The minimum atomic E-state index is -0.0940. The third-order valence-corrected chi connectivity index (χ3v) is 2.61. The van der Waals surface area contributed by atoms with Gasteiger partial charge in [-0.3, -0.25) is 4.79 Å². The van der Waals surface area contributed by atoms with Crippen molar-refractivity contribution in [1.29, 1.82) is 0 Å². The normalized spacial score (nSPS) is 10.6. The molecule has 0 unspecified atom stereocenters. The minimum Gasteiger partial charge on any atom is -0.504 e. The summed E-state index contributed by atoms with van der Waals surface area (Å²) < 4.78 is 5.01. The Morgan fingerprint density at radius 3 is 2.74 bits per heavy atom. The smallest absolute Gasteiger partial charge is 0.234 e. The van der Waals surface area contributed by atoms with Crippen LogP contribution in [0.25, 0.3) is 0 Å². The van der Waals surface area contributed by atoms with E-state index in [4.69, 9.17) is 16.3 Å². The van der Waals surface area contributed by atoms with Gasteiger partial charge in [0.2, 0.25) is 5.91 Å². The average molecular weight is 287 g/mol. The van der Waals surface area contributed by atoms with Gasteiger partial charge in [0.15, 0.2) is 11.5 Å². The predicted octanol–water partition coefficient (Wildman–Crippen LogP) is 1.67. The van der Waals surface area contributed by atoms with Gasteiger partial charge in [0.25, 0.3) is 0 Å². The fourth-order valence-electron chi connectivity index (χ4n) is 1.60. The van der Waals surface area contributed by atoms with E-state index in [1.807, 2.05) is 13.8 Å². The van der Waals surface area contributed by atoms with Crippen LogP contribution in [0.4, 0.5) is 0 Å². The Labute approximate surface area is 117 Å². The first kappa shape index (κ1) is 15.6. The van der Waals surface area contributed by atoms with Gasteiger partial charge in [0.05, 0.1) is 13.7 Å². The molecular formula is C13H19ClN2O3. The molecule has 1 aromatic carbocycles. The SMILES string of the molecule is COc1cc(Cl)cc(CNCC(=O)NC(C)C)c1O. The van der Waals surface area contributed by atoms with E-state index in [1.54, 1.807) is 6.07 Å². The molecule has 6 heteroatoms. The number of rotatable bonds is 6. The number of phenolic OH excluding ortho intramolecular Hbond substituents is 1. The minimum absolute atomic E-state index is 0.0312. The highest BCUT2D eigenvalue weighted by Crippen LogP contribution is 2.33. The molecule has 0 heterocycles. The van der Waals surface area contributed by atoms with Gasteiger partial charge >= 0.3 is 0 Å². The average Bonchev–Trinajstić information content (AvgIpc) is 2.32. The van der Waals surface area contributed by atoms with Crippen molar-refractivity contribution in [3.63, 3.8) is 0 Å². The van der Waals surface area contributed by atoms with Crippen LogP contribution in [-0.2, 0) is 11.3 Å². The van der Waals surface area contributed by atoms with E-state index in [0.717, 1.165) is 0 Å². The summed E-state index contributed by atoms with van der Waals surface area (Å²) in [5.74, 6) is 0.253. The molecule has 1 aromatic rings. The monoisotopic (exact) mass is 286 g/mol. The van der Waals surface area contributed by atoms with Gasteiger partial charge in [0.1, 0.15) is 0 Å². The maximum atomic E-state index is 11.4. The molecule has 0 atom stereocenters. The summed E-state index contributed by atoms with van der Waals surface area (Å²) >= 11 is 5.91. The van der Waals surface area contributed by atoms with Crippen molar-refractivity contribution < 1.29 is 14.6 Å². The molecule has 0 saturated carbocycles. The number of aromatic hydroxyl groups is 1. The number of methoxy groups -OCH3 is 1. The topological polar surface area (TPSA) is 70.6 Å². The fraction of sp³-hybridized carbons (Fsp3) is 0.462. The number of phenols is 1. The molecule has 3 N–H and O–H groups in total. The van der Waals surface area contributed by atoms with Crippen LogP contribution < -0.4 is 15.4 Å². The summed E-state index contributed by atoms with van der Waals surface area (Å²) in [5.41, 5.74) is 0.585. The number of halogens is 1. The Morgan fingerprint density at radius 2 is 2.16 bits per heavy atom. The van der Waals surface area contributed by atoms with Crippen LogP contribution in [0.15, 0.2) is 12.1 Å². The number of nitrogens with one attached hydrogen (secondary N) is 2. The van der Waals surface area contributed by atoms with Crippen LogP contribution >= 0.6 is 11.6 Å². The number of carbonyl (C=O) groups excluding carboxylic acids is 1. The molecular weight excluding hydrogens is 268 g/mol. The molecule has 0 aromatic heterocycles. The largest absolute Gasteiger partial charge is 0.504 e. The lowest BCUT2D eigenvalue weighted by molar-refractivity contribution is -0.120. The van der Waals surface area contributed by atoms with E-state index in [9.17, 15) is 9.90 Å². The van der Waals surface area contributed by atoms with Gasteiger partial charge < -0.3 is 20.5 Å². The van der Waals surface area contributed by atoms with Gasteiger partial charge in [-0.05, 0) is 19.9 Å². The van der Waals surface area contributed by atoms with Crippen molar-refractivity contribution in [3.05, 3.63) is 22.7 Å². The van der Waals surface area contributed by atoms with Crippen LogP contribution in [0.1, 0.15) is 19.4 Å². The first-order valence-corrected chi connectivity index (χ1v) is 6.37. The standard InChI is InChI=1S/C13H19ClN2O3/c1-8(2)16-12(17)7-15-6-9-4-10(14)5-11(19-3)13(9)18/h4-5,8,15,18H,6-7H2,1-3H3,(H,16,17). The summed E-state index contributed by atoms with van der Waals surface area (Å²) in [5, 5.41) is 16.1. The molecule has 0 spiro atoms. The first-order valence-electron chi connectivity index (χ1n) is 5.99. The zero-order chi connectivity index (χ0) is 14.4. The van der Waals surface area contributed by atoms with Crippen LogP contribution in [-0.4, -0.2) is 30.7 Å². The van der Waals surface area contributed by atoms with E-state index in [-0.39, 0.29) is 24.2 Å². The lowest BCUT2D eigenvalue weighted by atomic mass is 10.2. The Kier molecular flexibility index (Phi) is 5.92. The summed E-state index contributed by atoms with van der Waals surface area (Å²) in [6, 6.07) is 3.27. The predicted molar refractivity (Wildman–Crippen MR) is 74.7 cm³/mol. The maximum Gasteiger partial charge on any atom is 0.234 e. The van der Waals surface area contributed by atoms with Gasteiger partial charge in [-0.15, -0.1) is 0 Å². The van der Waals surface area contributed by atoms with Gasteiger partial charge in [0, 0.05) is 29.2 Å². The quantitative estimate of drug-likeness (QED) is 0.744. The Balaban J connectivity index is 2.58. The second-order valence-electron chi connectivity index (χ2n) is 4.44. The number of ether oxygens (including phenoxy) is 1. The van der Waals surface area contributed by atoms with E-state index < -0.39 is 0 Å². The van der Waals surface area contributed by atoms with Crippen molar-refractivity contribution in [2.45, 2.75) is 26.4 Å². The maximum absolute atomic E-state index is 11.4. The third kappa shape index (κ3) is 4.96.